The van der Waals surface area contributed by atoms with E-state index in [1.165, 1.54) is 212 Å². The van der Waals surface area contributed by atoms with E-state index in [0.29, 0.717) is 5.41 Å². The lowest BCUT2D eigenvalue weighted by Crippen LogP contribution is -2.16. The summed E-state index contributed by atoms with van der Waals surface area (Å²) in [6, 6.07) is 0. The van der Waals surface area contributed by atoms with Gasteiger partial charge in [-0.3, -0.25) is 0 Å². The molecule has 0 bridgehead atoms. The number of rotatable bonds is 15. The molecule has 216 valence electrons. The van der Waals surface area contributed by atoms with Gasteiger partial charge in [-0.15, -0.1) is 0 Å². The van der Waals surface area contributed by atoms with E-state index in [-0.39, 0.29) is 0 Å². The van der Waals surface area contributed by atoms with Crippen LogP contribution in [0.4, 0.5) is 0 Å². The molecule has 0 nitrogen and oxygen atoms in total. The number of hydrogen-bond acceptors (Lipinski definition) is 0. The van der Waals surface area contributed by atoms with Crippen molar-refractivity contribution in [1.82, 2.24) is 0 Å². The lowest BCUT2D eigenvalue weighted by molar-refractivity contribution is 0.222. The van der Waals surface area contributed by atoms with Gasteiger partial charge in [0, 0.05) is 0 Å². The molecule has 0 spiro atoms. The summed E-state index contributed by atoms with van der Waals surface area (Å²) >= 11 is 0. The van der Waals surface area contributed by atoms with Crippen molar-refractivity contribution in [3.8, 4) is 0 Å². The van der Waals surface area contributed by atoms with Crippen molar-refractivity contribution < 1.29 is 0 Å². The summed E-state index contributed by atoms with van der Waals surface area (Å²) in [5.41, 5.74) is 0.639. The highest BCUT2D eigenvalue weighted by Gasteiger charge is 2.22. The maximum absolute atomic E-state index is 2.66. The molecule has 1 rings (SSSR count). The van der Waals surface area contributed by atoms with Crippen LogP contribution >= 0.6 is 0 Å². The van der Waals surface area contributed by atoms with E-state index < -0.39 is 0 Å². The third kappa shape index (κ3) is 23.1. The van der Waals surface area contributed by atoms with Gasteiger partial charge < -0.3 is 0 Å². The molecule has 0 unspecified atom stereocenters. The first kappa shape index (κ1) is 34.0. The third-order valence-electron chi connectivity index (χ3n) is 9.44. The van der Waals surface area contributed by atoms with E-state index in [1.807, 2.05) is 0 Å². The highest BCUT2D eigenvalue weighted by Crippen LogP contribution is 2.37. The molecule has 1 aliphatic rings. The molecule has 0 aromatic rings. The zero-order valence-corrected chi connectivity index (χ0v) is 25.8. The van der Waals surface area contributed by atoms with Crippen LogP contribution in [0.5, 0.6) is 0 Å². The van der Waals surface area contributed by atoms with Crippen molar-refractivity contribution in [3.63, 3.8) is 0 Å². The quantitative estimate of drug-likeness (QED) is 0.194. The molecule has 0 heteroatoms. The Hall–Kier alpha value is 0. The number of hydrogen-bond donors (Lipinski definition) is 0. The molecule has 0 aliphatic heterocycles. The lowest BCUT2D eigenvalue weighted by Gasteiger charge is -2.30. The molecule has 1 aliphatic carbocycles. The molecular formula is C36H72. The Kier molecular flexibility index (Phi) is 25.1. The maximum Gasteiger partial charge on any atom is -0.0326 e. The highest BCUT2D eigenvalue weighted by atomic mass is 14.3. The Morgan fingerprint density at radius 2 is 0.583 bits per heavy atom. The molecule has 0 N–H and O–H groups in total. The fraction of sp³-hybridized carbons (Fsp3) is 1.00. The fourth-order valence-electron chi connectivity index (χ4n) is 6.70. The monoisotopic (exact) mass is 505 g/mol. The van der Waals surface area contributed by atoms with E-state index >= 15 is 0 Å². The van der Waals surface area contributed by atoms with Gasteiger partial charge in [0.25, 0.3) is 0 Å². The van der Waals surface area contributed by atoms with Crippen LogP contribution in [-0.2, 0) is 0 Å². The van der Waals surface area contributed by atoms with E-state index in [1.54, 1.807) is 0 Å². The largest absolute Gasteiger partial charge is 0.0654 e. The predicted octanol–water partition coefficient (Wildman–Crippen LogP) is 13.9. The fourth-order valence-corrected chi connectivity index (χ4v) is 6.70. The standard InChI is InChI=1S/C36H72/c1-3-4-5-6-7-8-9-10-15-18-21-24-27-30-33-36(2)34-31-28-25-22-19-16-13-11-12-14-17-20-23-26-29-32-35-36/h3-35H2,1-2H3. The van der Waals surface area contributed by atoms with Gasteiger partial charge in [-0.2, -0.15) is 0 Å². The molecule has 0 saturated heterocycles. The average molecular weight is 505 g/mol. The van der Waals surface area contributed by atoms with E-state index in [0.717, 1.165) is 0 Å². The highest BCUT2D eigenvalue weighted by molar-refractivity contribution is 4.75. The van der Waals surface area contributed by atoms with Crippen LogP contribution in [0.3, 0.4) is 0 Å². The first-order chi connectivity index (χ1) is 17.8. The van der Waals surface area contributed by atoms with E-state index in [4.69, 9.17) is 0 Å². The molecule has 1 fully saturated rings. The van der Waals surface area contributed by atoms with Crippen LogP contribution in [0.25, 0.3) is 0 Å². The van der Waals surface area contributed by atoms with Gasteiger partial charge in [0.15, 0.2) is 0 Å². The molecule has 0 atom stereocenters. The Morgan fingerprint density at radius 3 is 0.889 bits per heavy atom. The third-order valence-corrected chi connectivity index (χ3v) is 9.44. The average Bonchev–Trinajstić information content (AvgIpc) is 2.88. The Balaban J connectivity index is 2.13. The SMILES string of the molecule is CCCCCCCCCCCCCCCCC1(C)CCCCCCCCCCCCCCCCCC1. The molecule has 36 heavy (non-hydrogen) atoms. The topological polar surface area (TPSA) is 0 Å². The second-order valence-electron chi connectivity index (χ2n) is 13.3. The first-order valence-corrected chi connectivity index (χ1v) is 17.8. The lowest BCUT2D eigenvalue weighted by atomic mass is 9.75. The van der Waals surface area contributed by atoms with Gasteiger partial charge >= 0.3 is 0 Å². The zero-order chi connectivity index (χ0) is 25.8. The van der Waals surface area contributed by atoms with Gasteiger partial charge in [-0.05, 0) is 24.7 Å². The predicted molar refractivity (Wildman–Crippen MR) is 166 cm³/mol. The van der Waals surface area contributed by atoms with Crippen molar-refractivity contribution in [3.05, 3.63) is 0 Å². The van der Waals surface area contributed by atoms with Crippen molar-refractivity contribution in [2.75, 3.05) is 0 Å². The second-order valence-corrected chi connectivity index (χ2v) is 13.3. The molecule has 0 aromatic carbocycles. The van der Waals surface area contributed by atoms with E-state index in [2.05, 4.69) is 13.8 Å². The van der Waals surface area contributed by atoms with Crippen LogP contribution < -0.4 is 0 Å². The molecule has 0 heterocycles. The molecule has 1 saturated carbocycles. The summed E-state index contributed by atoms with van der Waals surface area (Å²) < 4.78 is 0. The minimum absolute atomic E-state index is 0.639. The first-order valence-electron chi connectivity index (χ1n) is 17.8. The van der Waals surface area contributed by atoms with E-state index in [9.17, 15) is 0 Å². The normalized spacial score (nSPS) is 19.8. The van der Waals surface area contributed by atoms with Crippen molar-refractivity contribution in [2.24, 2.45) is 5.41 Å². The maximum atomic E-state index is 2.66. The Bertz CT molecular complexity index is 390. The van der Waals surface area contributed by atoms with Crippen LogP contribution in [-0.4, -0.2) is 0 Å². The molecule has 0 amide bonds. The summed E-state index contributed by atoms with van der Waals surface area (Å²) in [6.07, 6.45) is 49.1. The minimum Gasteiger partial charge on any atom is -0.0654 e. The van der Waals surface area contributed by atoms with Gasteiger partial charge in [0.05, 0.1) is 0 Å². The molecule has 0 aromatic heterocycles. The Morgan fingerprint density at radius 1 is 0.333 bits per heavy atom. The second kappa shape index (κ2) is 26.6. The van der Waals surface area contributed by atoms with Gasteiger partial charge in [0.1, 0.15) is 0 Å². The van der Waals surface area contributed by atoms with Crippen LogP contribution in [0.2, 0.25) is 0 Å². The summed E-state index contributed by atoms with van der Waals surface area (Å²) in [7, 11) is 0. The van der Waals surface area contributed by atoms with Crippen LogP contribution in [0.1, 0.15) is 226 Å². The minimum atomic E-state index is 0.639. The van der Waals surface area contributed by atoms with Crippen molar-refractivity contribution in [1.29, 1.82) is 0 Å². The summed E-state index contributed by atoms with van der Waals surface area (Å²) in [5, 5.41) is 0. The van der Waals surface area contributed by atoms with Crippen LogP contribution in [0.15, 0.2) is 0 Å². The zero-order valence-electron chi connectivity index (χ0n) is 25.8. The summed E-state index contributed by atoms with van der Waals surface area (Å²) in [4.78, 5) is 0. The Labute approximate surface area is 231 Å². The summed E-state index contributed by atoms with van der Waals surface area (Å²) in [5.74, 6) is 0. The van der Waals surface area contributed by atoms with Gasteiger partial charge in [-0.25, -0.2) is 0 Å². The van der Waals surface area contributed by atoms with Crippen molar-refractivity contribution >= 4 is 0 Å². The summed E-state index contributed by atoms with van der Waals surface area (Å²) in [6.45, 7) is 4.98. The number of unbranched alkanes of at least 4 members (excludes halogenated alkanes) is 13. The molecular weight excluding hydrogens is 432 g/mol. The van der Waals surface area contributed by atoms with Crippen molar-refractivity contribution in [2.45, 2.75) is 226 Å². The smallest absolute Gasteiger partial charge is 0.0326 e. The van der Waals surface area contributed by atoms with Gasteiger partial charge in [-0.1, -0.05) is 206 Å². The van der Waals surface area contributed by atoms with Crippen LogP contribution in [0, 0.1) is 5.41 Å². The molecule has 0 radical (unpaired) electrons. The van der Waals surface area contributed by atoms with Gasteiger partial charge in [0.2, 0.25) is 0 Å².